The van der Waals surface area contributed by atoms with Crippen molar-refractivity contribution in [1.29, 1.82) is 0 Å². The summed E-state index contributed by atoms with van der Waals surface area (Å²) in [6.45, 7) is 0.540. The van der Waals surface area contributed by atoms with Gasteiger partial charge in [0.05, 0.1) is 17.3 Å². The predicted molar refractivity (Wildman–Crippen MR) is 106 cm³/mol. The highest BCUT2D eigenvalue weighted by Gasteiger charge is 2.10. The lowest BCUT2D eigenvalue weighted by atomic mass is 10.1. The second-order valence-electron chi connectivity index (χ2n) is 5.69. The molecule has 0 radical (unpaired) electrons. The van der Waals surface area contributed by atoms with Crippen LogP contribution in [0.4, 0.5) is 5.69 Å². The van der Waals surface area contributed by atoms with Crippen molar-refractivity contribution in [2.75, 3.05) is 11.9 Å². The van der Waals surface area contributed by atoms with E-state index >= 15 is 0 Å². The Labute approximate surface area is 162 Å². The van der Waals surface area contributed by atoms with Gasteiger partial charge >= 0.3 is 0 Å². The van der Waals surface area contributed by atoms with Crippen molar-refractivity contribution < 1.29 is 9.53 Å². The van der Waals surface area contributed by atoms with E-state index in [4.69, 9.17) is 27.9 Å². The van der Waals surface area contributed by atoms with Gasteiger partial charge in [0.15, 0.2) is 0 Å². The molecule has 0 aliphatic rings. The third kappa shape index (κ3) is 5.01. The summed E-state index contributed by atoms with van der Waals surface area (Å²) in [5, 5.41) is 3.68. The van der Waals surface area contributed by atoms with Gasteiger partial charge in [-0.3, -0.25) is 4.79 Å². The van der Waals surface area contributed by atoms with Gasteiger partial charge in [-0.1, -0.05) is 59.6 Å². The largest absolute Gasteiger partial charge is 0.493 e. The second kappa shape index (κ2) is 8.75. The zero-order valence-electron chi connectivity index (χ0n) is 13.9. The highest BCUT2D eigenvalue weighted by Crippen LogP contribution is 2.26. The average Bonchev–Trinajstić information content (AvgIpc) is 2.65. The first-order chi connectivity index (χ1) is 12.6. The molecule has 0 bridgehead atoms. The highest BCUT2D eigenvalue weighted by atomic mass is 35.5. The summed E-state index contributed by atoms with van der Waals surface area (Å²) in [5.41, 5.74) is 2.21. The molecule has 1 N–H and O–H groups in total. The normalized spacial score (nSPS) is 10.4. The summed E-state index contributed by atoms with van der Waals surface area (Å²) in [5.74, 6) is 0.388. The van der Waals surface area contributed by atoms with E-state index < -0.39 is 0 Å². The van der Waals surface area contributed by atoms with Crippen molar-refractivity contribution in [2.45, 2.75) is 6.42 Å². The fourth-order valence-corrected chi connectivity index (χ4v) is 2.90. The number of carbonyl (C=O) groups is 1. The molecular weight excluding hydrogens is 369 g/mol. The zero-order chi connectivity index (χ0) is 18.4. The van der Waals surface area contributed by atoms with Crippen LogP contribution in [0.2, 0.25) is 10.0 Å². The van der Waals surface area contributed by atoms with Crippen LogP contribution in [0.1, 0.15) is 15.9 Å². The molecule has 0 saturated carbocycles. The van der Waals surface area contributed by atoms with Gasteiger partial charge in [-0.25, -0.2) is 0 Å². The monoisotopic (exact) mass is 385 g/mol. The standard InChI is InChI=1S/C21H17Cl2NO2/c22-17-9-10-20(19(23)14-17)24-21(25)16-7-4-8-18(13-16)26-12-11-15-5-2-1-3-6-15/h1-10,13-14H,11-12H2,(H,24,25). The quantitative estimate of drug-likeness (QED) is 0.576. The molecule has 0 aliphatic heterocycles. The third-order valence-corrected chi connectivity index (χ3v) is 4.33. The molecule has 0 unspecified atom stereocenters. The minimum Gasteiger partial charge on any atom is -0.493 e. The van der Waals surface area contributed by atoms with E-state index in [0.29, 0.717) is 33.7 Å². The van der Waals surface area contributed by atoms with Crippen molar-refractivity contribution >= 4 is 34.8 Å². The van der Waals surface area contributed by atoms with Gasteiger partial charge in [0, 0.05) is 17.0 Å². The molecule has 0 saturated heterocycles. The molecule has 3 nitrogen and oxygen atoms in total. The smallest absolute Gasteiger partial charge is 0.255 e. The SMILES string of the molecule is O=C(Nc1ccc(Cl)cc1Cl)c1cccc(OCCc2ccccc2)c1. The molecule has 26 heavy (non-hydrogen) atoms. The number of amides is 1. The zero-order valence-corrected chi connectivity index (χ0v) is 15.4. The molecular formula is C21H17Cl2NO2. The third-order valence-electron chi connectivity index (χ3n) is 3.78. The number of carbonyl (C=O) groups excluding carboxylic acids is 1. The van der Waals surface area contributed by atoms with E-state index in [2.05, 4.69) is 17.4 Å². The van der Waals surface area contributed by atoms with Crippen LogP contribution in [0.25, 0.3) is 0 Å². The molecule has 5 heteroatoms. The van der Waals surface area contributed by atoms with Crippen LogP contribution in [0, 0.1) is 0 Å². The number of rotatable bonds is 6. The molecule has 3 rings (SSSR count). The van der Waals surface area contributed by atoms with Crippen molar-refractivity contribution in [3.63, 3.8) is 0 Å². The Kier molecular flexibility index (Phi) is 6.16. The van der Waals surface area contributed by atoms with E-state index in [1.165, 1.54) is 5.56 Å². The summed E-state index contributed by atoms with van der Waals surface area (Å²) in [6.07, 6.45) is 0.803. The van der Waals surface area contributed by atoms with Crippen molar-refractivity contribution in [1.82, 2.24) is 0 Å². The van der Waals surface area contributed by atoms with Gasteiger partial charge in [-0.2, -0.15) is 0 Å². The summed E-state index contributed by atoms with van der Waals surface area (Å²) < 4.78 is 5.77. The van der Waals surface area contributed by atoms with E-state index in [1.807, 2.05) is 24.3 Å². The predicted octanol–water partition coefficient (Wildman–Crippen LogP) is 5.87. The Hall–Kier alpha value is -2.49. The van der Waals surface area contributed by atoms with E-state index in [1.54, 1.807) is 36.4 Å². The van der Waals surface area contributed by atoms with Gasteiger partial charge in [-0.05, 0) is 42.0 Å². The van der Waals surface area contributed by atoms with Gasteiger partial charge in [0.25, 0.3) is 5.91 Å². The lowest BCUT2D eigenvalue weighted by Crippen LogP contribution is -2.12. The molecule has 0 spiro atoms. The topological polar surface area (TPSA) is 38.3 Å². The van der Waals surface area contributed by atoms with E-state index in [9.17, 15) is 4.79 Å². The summed E-state index contributed by atoms with van der Waals surface area (Å²) in [7, 11) is 0. The molecule has 0 aromatic heterocycles. The first-order valence-electron chi connectivity index (χ1n) is 8.15. The van der Waals surface area contributed by atoms with Crippen LogP contribution in [0.15, 0.2) is 72.8 Å². The fourth-order valence-electron chi connectivity index (χ4n) is 2.44. The summed E-state index contributed by atoms with van der Waals surface area (Å²) in [4.78, 5) is 12.4. The Morgan fingerprint density at radius 3 is 2.50 bits per heavy atom. The van der Waals surface area contributed by atoms with Crippen molar-refractivity contribution in [3.8, 4) is 5.75 Å². The fraction of sp³-hybridized carbons (Fsp3) is 0.0952. The lowest BCUT2D eigenvalue weighted by molar-refractivity contribution is 0.102. The molecule has 0 heterocycles. The molecule has 0 aliphatic carbocycles. The number of anilines is 1. The van der Waals surface area contributed by atoms with Crippen LogP contribution >= 0.6 is 23.2 Å². The Morgan fingerprint density at radius 2 is 1.73 bits per heavy atom. The second-order valence-corrected chi connectivity index (χ2v) is 6.53. The molecule has 3 aromatic rings. The first kappa shape index (κ1) is 18.3. The van der Waals surface area contributed by atoms with E-state index in [-0.39, 0.29) is 5.91 Å². The first-order valence-corrected chi connectivity index (χ1v) is 8.90. The molecule has 3 aromatic carbocycles. The summed E-state index contributed by atoms with van der Waals surface area (Å²) >= 11 is 12.0. The number of hydrogen-bond donors (Lipinski definition) is 1. The maximum absolute atomic E-state index is 12.4. The summed E-state index contributed by atoms with van der Waals surface area (Å²) in [6, 6.07) is 22.1. The van der Waals surface area contributed by atoms with Gasteiger partial charge in [0.1, 0.15) is 5.75 Å². The molecule has 0 atom stereocenters. The lowest BCUT2D eigenvalue weighted by Gasteiger charge is -2.10. The van der Waals surface area contributed by atoms with Crippen molar-refractivity contribution in [2.24, 2.45) is 0 Å². The molecule has 1 amide bonds. The average molecular weight is 386 g/mol. The maximum atomic E-state index is 12.4. The minimum absolute atomic E-state index is 0.261. The van der Waals surface area contributed by atoms with Crippen molar-refractivity contribution in [3.05, 3.63) is 94.0 Å². The number of hydrogen-bond acceptors (Lipinski definition) is 2. The van der Waals surface area contributed by atoms with Crippen LogP contribution < -0.4 is 10.1 Å². The Morgan fingerprint density at radius 1 is 0.923 bits per heavy atom. The Balaban J connectivity index is 1.61. The van der Waals surface area contributed by atoms with Gasteiger partial charge in [0.2, 0.25) is 0 Å². The number of nitrogens with one attached hydrogen (secondary N) is 1. The van der Waals surface area contributed by atoms with Gasteiger partial charge < -0.3 is 10.1 Å². The number of ether oxygens (including phenoxy) is 1. The van der Waals surface area contributed by atoms with Crippen LogP contribution in [0.3, 0.4) is 0 Å². The highest BCUT2D eigenvalue weighted by molar-refractivity contribution is 6.36. The molecule has 0 fully saturated rings. The molecule has 132 valence electrons. The Bertz CT molecular complexity index is 898. The van der Waals surface area contributed by atoms with E-state index in [0.717, 1.165) is 6.42 Å². The minimum atomic E-state index is -0.261. The number of halogens is 2. The van der Waals surface area contributed by atoms with Crippen LogP contribution in [-0.4, -0.2) is 12.5 Å². The van der Waals surface area contributed by atoms with Crippen LogP contribution in [0.5, 0.6) is 5.75 Å². The van der Waals surface area contributed by atoms with Gasteiger partial charge in [-0.15, -0.1) is 0 Å². The van der Waals surface area contributed by atoms with Crippen LogP contribution in [-0.2, 0) is 6.42 Å². The number of benzene rings is 3. The maximum Gasteiger partial charge on any atom is 0.255 e.